The van der Waals surface area contributed by atoms with Crippen LogP contribution in [0.25, 0.3) is 17.0 Å². The summed E-state index contributed by atoms with van der Waals surface area (Å²) in [7, 11) is 1.25. The Kier molecular flexibility index (Phi) is 4.91. The smallest absolute Gasteiger partial charge is 0.373 e. The fourth-order valence-corrected chi connectivity index (χ4v) is 3.47. The van der Waals surface area contributed by atoms with Crippen LogP contribution in [0.1, 0.15) is 41.8 Å². The molecule has 1 aliphatic rings. The number of rotatable bonds is 5. The van der Waals surface area contributed by atoms with Gasteiger partial charge in [0, 0.05) is 28.7 Å². The van der Waals surface area contributed by atoms with Gasteiger partial charge in [0.15, 0.2) is 0 Å². The number of nitrogens with zero attached hydrogens (tertiary/aromatic N) is 2. The van der Waals surface area contributed by atoms with Crippen molar-refractivity contribution in [1.82, 2.24) is 14.8 Å². The largest absolute Gasteiger partial charge is 0.463 e. The molecule has 4 rings (SSSR count). The van der Waals surface area contributed by atoms with Gasteiger partial charge in [-0.2, -0.15) is 0 Å². The number of amides is 3. The molecule has 2 aromatic heterocycles. The highest BCUT2D eigenvalue weighted by molar-refractivity contribution is 6.14. The lowest BCUT2D eigenvalue weighted by atomic mass is 10.1. The van der Waals surface area contributed by atoms with E-state index in [-0.39, 0.29) is 24.0 Å². The lowest BCUT2D eigenvalue weighted by molar-refractivity contribution is -0.123. The number of imide groups is 1. The van der Waals surface area contributed by atoms with Crippen molar-refractivity contribution >= 4 is 34.9 Å². The van der Waals surface area contributed by atoms with Gasteiger partial charge in [0.2, 0.25) is 5.76 Å². The minimum absolute atomic E-state index is 0.0109. The Morgan fingerprint density at radius 3 is 2.70 bits per heavy atom. The first-order chi connectivity index (χ1) is 14.4. The molecule has 0 atom stereocenters. The number of carbonyl (C=O) groups excluding carboxylic acids is 3. The molecular formula is C22H21N3O5. The van der Waals surface area contributed by atoms with Gasteiger partial charge in [-0.1, -0.05) is 18.2 Å². The number of methoxy groups -OCH3 is 1. The van der Waals surface area contributed by atoms with E-state index in [1.165, 1.54) is 19.2 Å². The molecule has 3 aromatic rings. The molecule has 1 N–H and O–H groups in total. The molecule has 0 saturated carbocycles. The van der Waals surface area contributed by atoms with Crippen molar-refractivity contribution in [3.8, 4) is 0 Å². The molecule has 3 amide bonds. The van der Waals surface area contributed by atoms with Crippen LogP contribution in [-0.2, 0) is 16.1 Å². The maximum atomic E-state index is 12.8. The van der Waals surface area contributed by atoms with Gasteiger partial charge >= 0.3 is 12.0 Å². The predicted octanol–water partition coefficient (Wildman–Crippen LogP) is 3.69. The van der Waals surface area contributed by atoms with E-state index < -0.39 is 17.9 Å². The SMILES string of the molecule is COC(=O)c1ccc(CN2C(=O)N/C(=C\c3cn(C(C)C)c4ccccc34)C2=O)o1. The number of nitrogens with one attached hydrogen (secondary N) is 1. The van der Waals surface area contributed by atoms with Gasteiger partial charge in [-0.3, -0.25) is 9.69 Å². The lowest BCUT2D eigenvalue weighted by Crippen LogP contribution is -2.30. The Bertz CT molecular complexity index is 1180. The Morgan fingerprint density at radius 1 is 1.20 bits per heavy atom. The second-order valence-electron chi connectivity index (χ2n) is 7.24. The van der Waals surface area contributed by atoms with E-state index in [0.717, 1.165) is 21.4 Å². The van der Waals surface area contributed by atoms with E-state index in [2.05, 4.69) is 28.5 Å². The quantitative estimate of drug-likeness (QED) is 0.395. The molecule has 30 heavy (non-hydrogen) atoms. The number of ether oxygens (including phenoxy) is 1. The molecular weight excluding hydrogens is 386 g/mol. The average Bonchev–Trinajstić information content (AvgIpc) is 3.41. The zero-order valence-corrected chi connectivity index (χ0v) is 16.8. The first kappa shape index (κ1) is 19.5. The number of benzene rings is 1. The van der Waals surface area contributed by atoms with Crippen molar-refractivity contribution in [1.29, 1.82) is 0 Å². The number of aromatic nitrogens is 1. The molecule has 0 aliphatic carbocycles. The van der Waals surface area contributed by atoms with Gasteiger partial charge < -0.3 is 19.0 Å². The number of fused-ring (bicyclic) bond motifs is 1. The number of hydrogen-bond donors (Lipinski definition) is 1. The van der Waals surface area contributed by atoms with Gasteiger partial charge in [-0.05, 0) is 38.1 Å². The minimum Gasteiger partial charge on any atom is -0.463 e. The Hall–Kier alpha value is -3.81. The predicted molar refractivity (Wildman–Crippen MR) is 109 cm³/mol. The summed E-state index contributed by atoms with van der Waals surface area (Å²) in [6.07, 6.45) is 3.66. The van der Waals surface area contributed by atoms with E-state index >= 15 is 0 Å². The summed E-state index contributed by atoms with van der Waals surface area (Å²) in [5, 5.41) is 3.62. The Labute approximate surface area is 172 Å². The normalized spacial score (nSPS) is 15.5. The van der Waals surface area contributed by atoms with Crippen LogP contribution in [0.15, 0.2) is 52.7 Å². The molecule has 1 aromatic carbocycles. The second kappa shape index (κ2) is 7.55. The minimum atomic E-state index is -0.624. The van der Waals surface area contributed by atoms with Crippen LogP contribution < -0.4 is 5.32 Å². The van der Waals surface area contributed by atoms with Crippen LogP contribution in [0, 0.1) is 0 Å². The zero-order chi connectivity index (χ0) is 21.4. The van der Waals surface area contributed by atoms with Crippen LogP contribution in [0.3, 0.4) is 0 Å². The highest BCUT2D eigenvalue weighted by Crippen LogP contribution is 2.27. The third-order valence-corrected chi connectivity index (χ3v) is 4.95. The lowest BCUT2D eigenvalue weighted by Gasteiger charge is -2.09. The maximum absolute atomic E-state index is 12.8. The van der Waals surface area contributed by atoms with Crippen LogP contribution >= 0.6 is 0 Å². The van der Waals surface area contributed by atoms with Crippen LogP contribution in [0.5, 0.6) is 0 Å². The number of urea groups is 1. The number of carbonyl (C=O) groups is 3. The molecule has 0 radical (unpaired) electrons. The van der Waals surface area contributed by atoms with Crippen LogP contribution in [-0.4, -0.2) is 34.5 Å². The summed E-state index contributed by atoms with van der Waals surface area (Å²) in [4.78, 5) is 37.8. The fraction of sp³-hybridized carbons (Fsp3) is 0.227. The van der Waals surface area contributed by atoms with Gasteiger partial charge in [-0.25, -0.2) is 9.59 Å². The third-order valence-electron chi connectivity index (χ3n) is 4.95. The second-order valence-corrected chi connectivity index (χ2v) is 7.24. The van der Waals surface area contributed by atoms with Crippen molar-refractivity contribution in [2.24, 2.45) is 0 Å². The summed E-state index contributed by atoms with van der Waals surface area (Å²) >= 11 is 0. The average molecular weight is 407 g/mol. The standard InChI is InChI=1S/C22H21N3O5/c1-13(2)24-11-14(16-6-4-5-7-18(16)24)10-17-20(26)25(22(28)23-17)12-15-8-9-19(30-15)21(27)29-3/h4-11,13H,12H2,1-3H3,(H,23,28)/b17-10-. The maximum Gasteiger partial charge on any atom is 0.373 e. The topological polar surface area (TPSA) is 93.8 Å². The molecule has 1 aliphatic heterocycles. The summed E-state index contributed by atoms with van der Waals surface area (Å²) in [6.45, 7) is 4.08. The third kappa shape index (κ3) is 3.36. The zero-order valence-electron chi connectivity index (χ0n) is 16.8. The van der Waals surface area contributed by atoms with Crippen LogP contribution in [0.2, 0.25) is 0 Å². The summed E-state index contributed by atoms with van der Waals surface area (Å²) in [6, 6.07) is 10.6. The molecule has 3 heterocycles. The molecule has 8 nitrogen and oxygen atoms in total. The van der Waals surface area contributed by atoms with E-state index in [0.29, 0.717) is 5.76 Å². The number of furan rings is 1. The summed E-state index contributed by atoms with van der Waals surface area (Å²) < 4.78 is 12.1. The molecule has 8 heteroatoms. The number of esters is 1. The number of para-hydroxylation sites is 1. The molecule has 154 valence electrons. The fourth-order valence-electron chi connectivity index (χ4n) is 3.47. The van der Waals surface area contributed by atoms with Gasteiger partial charge in [0.1, 0.15) is 11.5 Å². The Balaban J connectivity index is 1.62. The first-order valence-corrected chi connectivity index (χ1v) is 9.50. The van der Waals surface area contributed by atoms with E-state index in [9.17, 15) is 14.4 Å². The van der Waals surface area contributed by atoms with E-state index in [1.807, 2.05) is 30.5 Å². The highest BCUT2D eigenvalue weighted by atomic mass is 16.5. The summed E-state index contributed by atoms with van der Waals surface area (Å²) in [5.41, 5.74) is 2.08. The molecule has 1 saturated heterocycles. The van der Waals surface area contributed by atoms with E-state index in [1.54, 1.807) is 6.08 Å². The van der Waals surface area contributed by atoms with Gasteiger partial charge in [-0.15, -0.1) is 0 Å². The van der Waals surface area contributed by atoms with Crippen molar-refractivity contribution in [2.75, 3.05) is 7.11 Å². The van der Waals surface area contributed by atoms with E-state index in [4.69, 9.17) is 4.42 Å². The van der Waals surface area contributed by atoms with Gasteiger partial charge in [0.05, 0.1) is 13.7 Å². The van der Waals surface area contributed by atoms with Crippen LogP contribution in [0.4, 0.5) is 4.79 Å². The van der Waals surface area contributed by atoms with Gasteiger partial charge in [0.25, 0.3) is 5.91 Å². The molecule has 1 fully saturated rings. The molecule has 0 unspecified atom stereocenters. The van der Waals surface area contributed by atoms with Crippen molar-refractivity contribution in [2.45, 2.75) is 26.4 Å². The highest BCUT2D eigenvalue weighted by Gasteiger charge is 2.34. The van der Waals surface area contributed by atoms with Crippen molar-refractivity contribution in [3.05, 3.63) is 65.4 Å². The molecule has 0 bridgehead atoms. The Morgan fingerprint density at radius 2 is 1.97 bits per heavy atom. The molecule has 0 spiro atoms. The first-order valence-electron chi connectivity index (χ1n) is 9.50. The van der Waals surface area contributed by atoms with Crippen molar-refractivity contribution < 1.29 is 23.5 Å². The van der Waals surface area contributed by atoms with Crippen molar-refractivity contribution in [3.63, 3.8) is 0 Å². The summed E-state index contributed by atoms with van der Waals surface area (Å²) in [5.74, 6) is -0.772. The monoisotopic (exact) mass is 407 g/mol. The number of hydrogen-bond acceptors (Lipinski definition) is 5.